The predicted octanol–water partition coefficient (Wildman–Crippen LogP) is 1.49. The topological polar surface area (TPSA) is 66.8 Å². The van der Waals surface area contributed by atoms with Crippen molar-refractivity contribution in [2.75, 3.05) is 19.8 Å². The summed E-state index contributed by atoms with van der Waals surface area (Å²) in [5, 5.41) is 9.22. The molecule has 0 saturated carbocycles. The van der Waals surface area contributed by atoms with E-state index in [1.807, 2.05) is 18.2 Å². The van der Waals surface area contributed by atoms with Crippen LogP contribution >= 0.6 is 0 Å². The lowest BCUT2D eigenvalue weighted by Gasteiger charge is -2.33. The largest absolute Gasteiger partial charge is 0.480 e. The average Bonchev–Trinajstić information content (AvgIpc) is 2.53. The number of hydrogen-bond donors (Lipinski definition) is 1. The van der Waals surface area contributed by atoms with E-state index in [1.165, 1.54) is 22.4 Å². The number of carboxylic acid groups (broad SMARTS) is 1. The molecular formula is C16H19NO4. The second kappa shape index (κ2) is 5.85. The normalized spacial score (nSPS) is 21.7. The molecule has 1 aromatic carbocycles. The number of hydrogen-bond acceptors (Lipinski definition) is 3. The van der Waals surface area contributed by atoms with E-state index >= 15 is 0 Å². The van der Waals surface area contributed by atoms with Gasteiger partial charge in [0.15, 0.2) is 6.04 Å². The third-order valence-corrected chi connectivity index (χ3v) is 4.27. The van der Waals surface area contributed by atoms with Gasteiger partial charge in [0.1, 0.15) is 0 Å². The quantitative estimate of drug-likeness (QED) is 0.895. The zero-order valence-corrected chi connectivity index (χ0v) is 11.9. The highest BCUT2D eigenvalue weighted by Gasteiger charge is 2.33. The summed E-state index contributed by atoms with van der Waals surface area (Å²) >= 11 is 0. The van der Waals surface area contributed by atoms with E-state index in [1.54, 1.807) is 0 Å². The number of carboxylic acids is 1. The first-order chi connectivity index (χ1) is 10.2. The Morgan fingerprint density at radius 1 is 1.19 bits per heavy atom. The van der Waals surface area contributed by atoms with Gasteiger partial charge >= 0.3 is 5.97 Å². The van der Waals surface area contributed by atoms with Crippen LogP contribution in [0.15, 0.2) is 18.2 Å². The lowest BCUT2D eigenvalue weighted by Crippen LogP contribution is -2.52. The lowest BCUT2D eigenvalue weighted by molar-refractivity contribution is -0.147. The van der Waals surface area contributed by atoms with Crippen LogP contribution < -0.4 is 0 Å². The van der Waals surface area contributed by atoms with Gasteiger partial charge < -0.3 is 14.7 Å². The molecule has 1 aliphatic carbocycles. The van der Waals surface area contributed by atoms with Crippen LogP contribution in [0.2, 0.25) is 0 Å². The Bertz CT molecular complexity index is 569. The van der Waals surface area contributed by atoms with Crippen LogP contribution in [0, 0.1) is 0 Å². The second-order valence-corrected chi connectivity index (χ2v) is 5.62. The number of aliphatic carboxylic acids is 1. The summed E-state index contributed by atoms with van der Waals surface area (Å²) in [6.07, 6.45) is 4.42. The summed E-state index contributed by atoms with van der Waals surface area (Å²) < 4.78 is 5.18. The van der Waals surface area contributed by atoms with E-state index in [2.05, 4.69) is 0 Å². The van der Waals surface area contributed by atoms with Crippen molar-refractivity contribution in [1.29, 1.82) is 0 Å². The van der Waals surface area contributed by atoms with E-state index < -0.39 is 12.0 Å². The minimum Gasteiger partial charge on any atom is -0.480 e. The standard InChI is InChI=1S/C16H19NO4/c18-15(17-7-8-21-10-14(17)16(19)20)13-6-5-11-3-1-2-4-12(11)9-13/h5-6,9,14H,1-4,7-8,10H2,(H,19,20)/t14-/m1/s1. The summed E-state index contributed by atoms with van der Waals surface area (Å²) in [6.45, 7) is 0.777. The van der Waals surface area contributed by atoms with Gasteiger partial charge in [-0.05, 0) is 48.9 Å². The molecule has 0 radical (unpaired) electrons. The van der Waals surface area contributed by atoms with Crippen LogP contribution in [-0.2, 0) is 22.4 Å². The molecule has 2 aliphatic rings. The van der Waals surface area contributed by atoms with Crippen molar-refractivity contribution in [1.82, 2.24) is 4.90 Å². The molecule has 1 fully saturated rings. The van der Waals surface area contributed by atoms with E-state index in [4.69, 9.17) is 4.74 Å². The van der Waals surface area contributed by atoms with Gasteiger partial charge in [-0.25, -0.2) is 4.79 Å². The summed E-state index contributed by atoms with van der Waals surface area (Å²) in [4.78, 5) is 25.3. The van der Waals surface area contributed by atoms with E-state index in [-0.39, 0.29) is 12.5 Å². The number of nitrogens with zero attached hydrogens (tertiary/aromatic N) is 1. The molecule has 1 aliphatic heterocycles. The smallest absolute Gasteiger partial charge is 0.328 e. The Morgan fingerprint density at radius 2 is 1.95 bits per heavy atom. The number of carbonyl (C=O) groups is 2. The molecule has 0 aromatic heterocycles. The zero-order valence-electron chi connectivity index (χ0n) is 11.9. The molecule has 5 heteroatoms. The highest BCUT2D eigenvalue weighted by atomic mass is 16.5. The number of carbonyl (C=O) groups excluding carboxylic acids is 1. The van der Waals surface area contributed by atoms with Crippen molar-refractivity contribution in [3.63, 3.8) is 0 Å². The molecule has 1 aromatic rings. The molecule has 0 spiro atoms. The minimum absolute atomic E-state index is 0.0615. The van der Waals surface area contributed by atoms with Gasteiger partial charge in [0.2, 0.25) is 0 Å². The summed E-state index contributed by atoms with van der Waals surface area (Å²) in [5.74, 6) is -1.22. The highest BCUT2D eigenvalue weighted by molar-refractivity contribution is 5.97. The molecular weight excluding hydrogens is 270 g/mol. The predicted molar refractivity (Wildman–Crippen MR) is 76.4 cm³/mol. The van der Waals surface area contributed by atoms with Crippen LogP contribution in [-0.4, -0.2) is 47.7 Å². The fourth-order valence-corrected chi connectivity index (χ4v) is 3.08. The van der Waals surface area contributed by atoms with Crippen molar-refractivity contribution in [3.8, 4) is 0 Å². The number of amides is 1. The van der Waals surface area contributed by atoms with Crippen molar-refractivity contribution < 1.29 is 19.4 Å². The lowest BCUT2D eigenvalue weighted by atomic mass is 9.90. The van der Waals surface area contributed by atoms with Gasteiger partial charge in [0.25, 0.3) is 5.91 Å². The van der Waals surface area contributed by atoms with Crippen LogP contribution in [0.1, 0.15) is 34.3 Å². The molecule has 1 heterocycles. The minimum atomic E-state index is -1.01. The van der Waals surface area contributed by atoms with Gasteiger partial charge in [-0.1, -0.05) is 6.07 Å². The monoisotopic (exact) mass is 289 g/mol. The van der Waals surface area contributed by atoms with Crippen LogP contribution in [0.5, 0.6) is 0 Å². The van der Waals surface area contributed by atoms with Crippen molar-refractivity contribution in [3.05, 3.63) is 34.9 Å². The van der Waals surface area contributed by atoms with E-state index in [0.29, 0.717) is 18.7 Å². The van der Waals surface area contributed by atoms with Crippen LogP contribution in [0.4, 0.5) is 0 Å². The van der Waals surface area contributed by atoms with Crippen LogP contribution in [0.3, 0.4) is 0 Å². The average molecular weight is 289 g/mol. The van der Waals surface area contributed by atoms with E-state index in [0.717, 1.165) is 19.3 Å². The first kappa shape index (κ1) is 14.1. The SMILES string of the molecule is O=C(O)[C@H]1COCCN1C(=O)c1ccc2c(c1)CCCC2. The molecule has 1 saturated heterocycles. The van der Waals surface area contributed by atoms with E-state index in [9.17, 15) is 14.7 Å². The molecule has 0 bridgehead atoms. The van der Waals surface area contributed by atoms with Crippen molar-refractivity contribution in [2.45, 2.75) is 31.7 Å². The Hall–Kier alpha value is -1.88. The van der Waals surface area contributed by atoms with Crippen molar-refractivity contribution in [2.24, 2.45) is 0 Å². The maximum atomic E-state index is 12.6. The highest BCUT2D eigenvalue weighted by Crippen LogP contribution is 2.23. The number of benzene rings is 1. The van der Waals surface area contributed by atoms with Gasteiger partial charge in [-0.2, -0.15) is 0 Å². The number of fused-ring (bicyclic) bond motifs is 1. The molecule has 1 N–H and O–H groups in total. The fourth-order valence-electron chi connectivity index (χ4n) is 3.08. The number of aryl methyl sites for hydroxylation is 2. The third-order valence-electron chi connectivity index (χ3n) is 4.27. The second-order valence-electron chi connectivity index (χ2n) is 5.62. The summed E-state index contributed by atoms with van der Waals surface area (Å²) in [5.41, 5.74) is 3.13. The number of rotatable bonds is 2. The first-order valence-corrected chi connectivity index (χ1v) is 7.40. The number of ether oxygens (including phenoxy) is 1. The molecule has 21 heavy (non-hydrogen) atoms. The van der Waals surface area contributed by atoms with Crippen molar-refractivity contribution >= 4 is 11.9 Å². The molecule has 1 amide bonds. The van der Waals surface area contributed by atoms with Gasteiger partial charge in [-0.15, -0.1) is 0 Å². The fraction of sp³-hybridized carbons (Fsp3) is 0.500. The maximum absolute atomic E-state index is 12.6. The summed E-state index contributed by atoms with van der Waals surface area (Å²) in [6, 6.07) is 4.88. The molecule has 1 atom stereocenters. The zero-order chi connectivity index (χ0) is 14.8. The van der Waals surface area contributed by atoms with Gasteiger partial charge in [0, 0.05) is 12.1 Å². The Kier molecular flexibility index (Phi) is 3.92. The number of morpholine rings is 1. The Morgan fingerprint density at radius 3 is 2.71 bits per heavy atom. The third kappa shape index (κ3) is 2.78. The molecule has 3 rings (SSSR count). The van der Waals surface area contributed by atoms with Crippen LogP contribution in [0.25, 0.3) is 0 Å². The molecule has 0 unspecified atom stereocenters. The Balaban J connectivity index is 1.85. The first-order valence-electron chi connectivity index (χ1n) is 7.40. The molecule has 5 nitrogen and oxygen atoms in total. The summed E-state index contributed by atoms with van der Waals surface area (Å²) in [7, 11) is 0. The Labute approximate surface area is 123 Å². The molecule has 112 valence electrons. The van der Waals surface area contributed by atoms with Gasteiger partial charge in [0.05, 0.1) is 13.2 Å². The van der Waals surface area contributed by atoms with Gasteiger partial charge in [-0.3, -0.25) is 4.79 Å². The maximum Gasteiger partial charge on any atom is 0.328 e.